The Bertz CT molecular complexity index is 402. The molecule has 0 radical (unpaired) electrons. The van der Waals surface area contributed by atoms with E-state index in [1.807, 2.05) is 30.3 Å². The molecule has 1 aromatic carbocycles. The molecule has 0 saturated carbocycles. The molecule has 0 heterocycles. The van der Waals surface area contributed by atoms with Gasteiger partial charge in [0.2, 0.25) is 10.0 Å². The van der Waals surface area contributed by atoms with Crippen LogP contribution in [-0.2, 0) is 16.4 Å². The number of hydrogen-bond acceptors (Lipinski definition) is 3. The Balaban J connectivity index is 2.63. The Labute approximate surface area is 96.4 Å². The Morgan fingerprint density at radius 1 is 1.31 bits per heavy atom. The van der Waals surface area contributed by atoms with Crippen molar-refractivity contribution in [2.75, 3.05) is 12.4 Å². The minimum atomic E-state index is -3.26. The van der Waals surface area contributed by atoms with E-state index < -0.39 is 16.1 Å². The second-order valence-corrected chi connectivity index (χ2v) is 5.63. The first-order valence-corrected chi connectivity index (χ1v) is 6.87. The molecule has 0 amide bonds. The number of aliphatic hydroxyl groups excluding tert-OH is 1. The lowest BCUT2D eigenvalue weighted by atomic mass is 10.1. The van der Waals surface area contributed by atoms with Crippen molar-refractivity contribution in [3.8, 4) is 0 Å². The highest BCUT2D eigenvalue weighted by Crippen LogP contribution is 2.03. The van der Waals surface area contributed by atoms with Crippen LogP contribution in [-0.4, -0.2) is 31.9 Å². The van der Waals surface area contributed by atoms with Gasteiger partial charge in [-0.05, 0) is 18.9 Å². The lowest BCUT2D eigenvalue weighted by molar-refractivity contribution is 0.256. The van der Waals surface area contributed by atoms with Crippen molar-refractivity contribution in [1.82, 2.24) is 4.72 Å². The van der Waals surface area contributed by atoms with Crippen LogP contribution in [0.25, 0.3) is 0 Å². The molecule has 0 aliphatic heterocycles. The fraction of sp³-hybridized carbons (Fsp3) is 0.455. The van der Waals surface area contributed by atoms with E-state index in [9.17, 15) is 8.42 Å². The highest BCUT2D eigenvalue weighted by atomic mass is 32.2. The molecule has 5 heteroatoms. The average Bonchev–Trinajstić information content (AvgIpc) is 2.29. The number of aliphatic hydroxyl groups is 1. The standard InChI is InChI=1S/C11H17NO3S/c1-2-16(14,15)12-11(9-13)8-10-6-4-3-5-7-10/h3-7,11-13H,2,8-9H2,1H3/t11-/m1/s1. The van der Waals surface area contributed by atoms with Crippen LogP contribution < -0.4 is 4.72 Å². The van der Waals surface area contributed by atoms with E-state index in [2.05, 4.69) is 4.72 Å². The number of rotatable bonds is 6. The predicted octanol–water partition coefficient (Wildman–Crippen LogP) is 0.529. The first-order valence-electron chi connectivity index (χ1n) is 5.22. The molecule has 1 rings (SSSR count). The summed E-state index contributed by atoms with van der Waals surface area (Å²) >= 11 is 0. The first-order chi connectivity index (χ1) is 7.57. The normalized spacial score (nSPS) is 13.6. The highest BCUT2D eigenvalue weighted by Gasteiger charge is 2.15. The quantitative estimate of drug-likeness (QED) is 0.766. The van der Waals surface area contributed by atoms with Crippen LogP contribution in [0.15, 0.2) is 30.3 Å². The molecule has 90 valence electrons. The van der Waals surface area contributed by atoms with E-state index in [0.717, 1.165) is 5.56 Å². The molecule has 1 atom stereocenters. The van der Waals surface area contributed by atoms with Crippen molar-refractivity contribution >= 4 is 10.0 Å². The summed E-state index contributed by atoms with van der Waals surface area (Å²) in [6.45, 7) is 1.37. The summed E-state index contributed by atoms with van der Waals surface area (Å²) in [6, 6.07) is 9.03. The lowest BCUT2D eigenvalue weighted by Gasteiger charge is -2.15. The van der Waals surface area contributed by atoms with Crippen molar-refractivity contribution < 1.29 is 13.5 Å². The summed E-state index contributed by atoms with van der Waals surface area (Å²) in [7, 11) is -3.26. The van der Waals surface area contributed by atoms with Gasteiger partial charge in [0.05, 0.1) is 12.4 Å². The first kappa shape index (κ1) is 13.2. The summed E-state index contributed by atoms with van der Waals surface area (Å²) < 4.78 is 25.1. The molecule has 2 N–H and O–H groups in total. The van der Waals surface area contributed by atoms with Crippen molar-refractivity contribution in [2.24, 2.45) is 0 Å². The smallest absolute Gasteiger partial charge is 0.211 e. The molecule has 4 nitrogen and oxygen atoms in total. The largest absolute Gasteiger partial charge is 0.395 e. The van der Waals surface area contributed by atoms with Crippen molar-refractivity contribution in [3.05, 3.63) is 35.9 Å². The highest BCUT2D eigenvalue weighted by molar-refractivity contribution is 7.89. The number of sulfonamides is 1. The molecular weight excluding hydrogens is 226 g/mol. The average molecular weight is 243 g/mol. The van der Waals surface area contributed by atoms with Crippen molar-refractivity contribution in [1.29, 1.82) is 0 Å². The maximum atomic E-state index is 11.3. The lowest BCUT2D eigenvalue weighted by Crippen LogP contribution is -2.39. The molecule has 0 aliphatic carbocycles. The van der Waals surface area contributed by atoms with Crippen LogP contribution in [0, 0.1) is 0 Å². The van der Waals surface area contributed by atoms with Gasteiger partial charge < -0.3 is 5.11 Å². The van der Waals surface area contributed by atoms with E-state index in [-0.39, 0.29) is 12.4 Å². The molecule has 1 aromatic rings. The van der Waals surface area contributed by atoms with Gasteiger partial charge in [0.25, 0.3) is 0 Å². The third kappa shape index (κ3) is 4.30. The van der Waals surface area contributed by atoms with Crippen LogP contribution >= 0.6 is 0 Å². The third-order valence-corrected chi connectivity index (χ3v) is 3.72. The maximum Gasteiger partial charge on any atom is 0.211 e. The van der Waals surface area contributed by atoms with Gasteiger partial charge in [0.1, 0.15) is 0 Å². The molecular formula is C11H17NO3S. The van der Waals surface area contributed by atoms with Crippen molar-refractivity contribution in [2.45, 2.75) is 19.4 Å². The SMILES string of the molecule is CCS(=O)(=O)N[C@@H](CO)Cc1ccccc1. The maximum absolute atomic E-state index is 11.3. The van der Waals surface area contributed by atoms with E-state index in [1.54, 1.807) is 6.92 Å². The van der Waals surface area contributed by atoms with Gasteiger partial charge in [-0.25, -0.2) is 13.1 Å². The monoisotopic (exact) mass is 243 g/mol. The summed E-state index contributed by atoms with van der Waals surface area (Å²) in [5, 5.41) is 9.12. The fourth-order valence-electron chi connectivity index (χ4n) is 1.38. The molecule has 0 aromatic heterocycles. The number of nitrogens with one attached hydrogen (secondary N) is 1. The van der Waals surface area contributed by atoms with Gasteiger partial charge in [-0.15, -0.1) is 0 Å². The van der Waals surface area contributed by atoms with Crippen LogP contribution in [0.1, 0.15) is 12.5 Å². The zero-order valence-corrected chi connectivity index (χ0v) is 10.1. The topological polar surface area (TPSA) is 66.4 Å². The Kier molecular flexibility index (Phi) is 4.92. The van der Waals surface area contributed by atoms with Crippen molar-refractivity contribution in [3.63, 3.8) is 0 Å². The zero-order chi connectivity index (χ0) is 12.0. The second kappa shape index (κ2) is 5.98. The summed E-state index contributed by atoms with van der Waals surface area (Å²) in [5.41, 5.74) is 1.00. The molecule has 0 unspecified atom stereocenters. The molecule has 0 fully saturated rings. The molecule has 0 aliphatic rings. The summed E-state index contributed by atoms with van der Waals surface area (Å²) in [4.78, 5) is 0. The van der Waals surface area contributed by atoms with Gasteiger partial charge in [-0.3, -0.25) is 0 Å². The molecule has 0 bridgehead atoms. The van der Waals surface area contributed by atoms with Crippen LogP contribution in [0.3, 0.4) is 0 Å². The van der Waals surface area contributed by atoms with E-state index in [0.29, 0.717) is 6.42 Å². The second-order valence-electron chi connectivity index (χ2n) is 3.59. The van der Waals surface area contributed by atoms with Crippen LogP contribution in [0.5, 0.6) is 0 Å². The Morgan fingerprint density at radius 2 is 1.94 bits per heavy atom. The molecule has 0 spiro atoms. The Hall–Kier alpha value is -0.910. The minimum Gasteiger partial charge on any atom is -0.395 e. The number of benzene rings is 1. The summed E-state index contributed by atoms with van der Waals surface area (Å²) in [5.74, 6) is 0.0261. The zero-order valence-electron chi connectivity index (χ0n) is 9.26. The van der Waals surface area contributed by atoms with Crippen LogP contribution in [0.2, 0.25) is 0 Å². The molecule has 16 heavy (non-hydrogen) atoms. The van der Waals surface area contributed by atoms with E-state index >= 15 is 0 Å². The third-order valence-electron chi connectivity index (χ3n) is 2.27. The fourth-order valence-corrected chi connectivity index (χ4v) is 2.21. The molecule has 0 saturated heterocycles. The van der Waals surface area contributed by atoms with E-state index in [1.165, 1.54) is 0 Å². The minimum absolute atomic E-state index is 0.0261. The van der Waals surface area contributed by atoms with Crippen LogP contribution in [0.4, 0.5) is 0 Å². The number of hydrogen-bond donors (Lipinski definition) is 2. The summed E-state index contributed by atoms with van der Waals surface area (Å²) in [6.07, 6.45) is 0.497. The predicted molar refractivity (Wildman–Crippen MR) is 63.6 cm³/mol. The van der Waals surface area contributed by atoms with Gasteiger partial charge in [-0.1, -0.05) is 30.3 Å². The van der Waals surface area contributed by atoms with E-state index in [4.69, 9.17) is 5.11 Å². The Morgan fingerprint density at radius 3 is 2.44 bits per heavy atom. The van der Waals surface area contributed by atoms with Gasteiger partial charge in [0.15, 0.2) is 0 Å². The van der Waals surface area contributed by atoms with Gasteiger partial charge in [0, 0.05) is 6.04 Å². The van der Waals surface area contributed by atoms with Gasteiger partial charge in [-0.2, -0.15) is 0 Å². The van der Waals surface area contributed by atoms with Gasteiger partial charge >= 0.3 is 0 Å².